The third-order valence-electron chi connectivity index (χ3n) is 2.97. The zero-order chi connectivity index (χ0) is 12.3. The highest BCUT2D eigenvalue weighted by atomic mass is 35.5. The van der Waals surface area contributed by atoms with Gasteiger partial charge in [-0.1, -0.05) is 0 Å². The first-order chi connectivity index (χ1) is 8.16. The molecule has 1 saturated heterocycles. The molecule has 1 atom stereocenters. The molecule has 1 amide bonds. The Labute approximate surface area is 107 Å². The molecule has 1 aliphatic heterocycles. The number of anilines is 2. The highest BCUT2D eigenvalue weighted by molar-refractivity contribution is 6.32. The Morgan fingerprint density at radius 3 is 2.41 bits per heavy atom. The first-order valence-electron chi connectivity index (χ1n) is 5.97. The molecule has 17 heavy (non-hydrogen) atoms. The van der Waals surface area contributed by atoms with E-state index in [-0.39, 0.29) is 5.91 Å². The van der Waals surface area contributed by atoms with Crippen molar-refractivity contribution < 1.29 is 4.79 Å². The minimum atomic E-state index is -0.506. The Bertz CT molecular complexity index is 383. The van der Waals surface area contributed by atoms with Crippen LogP contribution < -0.4 is 10.2 Å². The van der Waals surface area contributed by atoms with E-state index in [0.717, 1.165) is 18.8 Å². The molecule has 0 saturated carbocycles. The SMILES string of the molecule is CC(Cl)C(=O)Nc1ccc(N2CCCC2)cc1. The number of nitrogens with zero attached hydrogens (tertiary/aromatic N) is 1. The lowest BCUT2D eigenvalue weighted by Crippen LogP contribution is -2.20. The zero-order valence-corrected chi connectivity index (χ0v) is 10.7. The van der Waals surface area contributed by atoms with Gasteiger partial charge in [0.2, 0.25) is 5.91 Å². The molecular weight excluding hydrogens is 236 g/mol. The van der Waals surface area contributed by atoms with E-state index in [1.54, 1.807) is 6.92 Å². The third-order valence-corrected chi connectivity index (χ3v) is 3.17. The van der Waals surface area contributed by atoms with E-state index in [9.17, 15) is 4.79 Å². The molecule has 0 bridgehead atoms. The fourth-order valence-electron chi connectivity index (χ4n) is 1.97. The van der Waals surface area contributed by atoms with Crippen LogP contribution in [0.15, 0.2) is 24.3 Å². The Kier molecular flexibility index (Phi) is 3.89. The largest absolute Gasteiger partial charge is 0.372 e. The molecule has 0 spiro atoms. The predicted molar refractivity (Wildman–Crippen MR) is 71.8 cm³/mol. The van der Waals surface area contributed by atoms with Gasteiger partial charge in [0.05, 0.1) is 0 Å². The van der Waals surface area contributed by atoms with E-state index in [1.807, 2.05) is 24.3 Å². The lowest BCUT2D eigenvalue weighted by atomic mass is 10.2. The van der Waals surface area contributed by atoms with E-state index in [2.05, 4.69) is 10.2 Å². The molecule has 3 nitrogen and oxygen atoms in total. The number of hydrogen-bond donors (Lipinski definition) is 1. The molecule has 1 aromatic carbocycles. The van der Waals surface area contributed by atoms with Crippen LogP contribution in [0.1, 0.15) is 19.8 Å². The fraction of sp³-hybridized carbons (Fsp3) is 0.462. The number of rotatable bonds is 3. The summed E-state index contributed by atoms with van der Waals surface area (Å²) < 4.78 is 0. The average molecular weight is 253 g/mol. The summed E-state index contributed by atoms with van der Waals surface area (Å²) in [7, 11) is 0. The van der Waals surface area contributed by atoms with Crippen LogP contribution in [0.4, 0.5) is 11.4 Å². The summed E-state index contributed by atoms with van der Waals surface area (Å²) in [5.41, 5.74) is 2.02. The van der Waals surface area contributed by atoms with Gasteiger partial charge in [-0.05, 0) is 44.0 Å². The number of hydrogen-bond acceptors (Lipinski definition) is 2. The monoisotopic (exact) mass is 252 g/mol. The second-order valence-corrected chi connectivity index (χ2v) is 5.00. The maximum atomic E-state index is 11.4. The Balaban J connectivity index is 2.00. The van der Waals surface area contributed by atoms with Gasteiger partial charge in [-0.3, -0.25) is 4.79 Å². The number of nitrogens with one attached hydrogen (secondary N) is 1. The number of amides is 1. The van der Waals surface area contributed by atoms with Crippen molar-refractivity contribution in [2.45, 2.75) is 25.1 Å². The highest BCUT2D eigenvalue weighted by Crippen LogP contribution is 2.22. The quantitative estimate of drug-likeness (QED) is 0.839. The maximum Gasteiger partial charge on any atom is 0.242 e. The van der Waals surface area contributed by atoms with Crippen LogP contribution in [0, 0.1) is 0 Å². The van der Waals surface area contributed by atoms with Gasteiger partial charge in [-0.15, -0.1) is 11.6 Å². The Hall–Kier alpha value is -1.22. The van der Waals surface area contributed by atoms with Gasteiger partial charge >= 0.3 is 0 Å². The van der Waals surface area contributed by atoms with Gasteiger partial charge in [-0.25, -0.2) is 0 Å². The van der Waals surface area contributed by atoms with Crippen LogP contribution in [-0.2, 0) is 4.79 Å². The molecule has 1 heterocycles. The topological polar surface area (TPSA) is 32.3 Å². The van der Waals surface area contributed by atoms with E-state index < -0.39 is 5.38 Å². The molecule has 0 aromatic heterocycles. The van der Waals surface area contributed by atoms with Crippen molar-refractivity contribution in [2.75, 3.05) is 23.3 Å². The minimum absolute atomic E-state index is 0.166. The number of carbonyl (C=O) groups is 1. The van der Waals surface area contributed by atoms with Crippen LogP contribution >= 0.6 is 11.6 Å². The Morgan fingerprint density at radius 1 is 1.29 bits per heavy atom. The molecule has 0 aliphatic carbocycles. The van der Waals surface area contributed by atoms with Crippen LogP contribution in [-0.4, -0.2) is 24.4 Å². The van der Waals surface area contributed by atoms with Crippen molar-refractivity contribution in [3.05, 3.63) is 24.3 Å². The van der Waals surface area contributed by atoms with Gasteiger partial charge in [0.1, 0.15) is 5.38 Å². The van der Waals surface area contributed by atoms with Crippen molar-refractivity contribution in [3.8, 4) is 0 Å². The van der Waals surface area contributed by atoms with Crippen molar-refractivity contribution in [2.24, 2.45) is 0 Å². The van der Waals surface area contributed by atoms with E-state index >= 15 is 0 Å². The molecular formula is C13H17ClN2O. The van der Waals surface area contributed by atoms with Gasteiger partial charge in [0.15, 0.2) is 0 Å². The van der Waals surface area contributed by atoms with Crippen molar-refractivity contribution >= 4 is 28.9 Å². The molecule has 92 valence electrons. The molecule has 1 aliphatic rings. The summed E-state index contributed by atoms with van der Waals surface area (Å²) in [4.78, 5) is 13.8. The van der Waals surface area contributed by atoms with Crippen LogP contribution in [0.25, 0.3) is 0 Å². The minimum Gasteiger partial charge on any atom is -0.372 e. The summed E-state index contributed by atoms with van der Waals surface area (Å²) in [5.74, 6) is -0.166. The second-order valence-electron chi connectivity index (χ2n) is 4.35. The normalized spacial score (nSPS) is 16.9. The number of carbonyl (C=O) groups excluding carboxylic acids is 1. The summed E-state index contributed by atoms with van der Waals surface area (Å²) in [6.07, 6.45) is 2.53. The molecule has 1 fully saturated rings. The van der Waals surface area contributed by atoms with E-state index in [0.29, 0.717) is 0 Å². The summed E-state index contributed by atoms with van der Waals surface area (Å²) in [6, 6.07) is 7.93. The fourth-order valence-corrected chi connectivity index (χ4v) is 2.03. The molecule has 1 unspecified atom stereocenters. The summed E-state index contributed by atoms with van der Waals surface area (Å²) in [6.45, 7) is 3.92. The van der Waals surface area contributed by atoms with Crippen molar-refractivity contribution in [1.82, 2.24) is 0 Å². The second kappa shape index (κ2) is 5.41. The number of halogens is 1. The number of benzene rings is 1. The molecule has 1 N–H and O–H groups in total. The first kappa shape index (κ1) is 12.2. The third kappa shape index (κ3) is 3.13. The molecule has 2 rings (SSSR count). The molecule has 1 aromatic rings. The Morgan fingerprint density at radius 2 is 1.88 bits per heavy atom. The van der Waals surface area contributed by atoms with Crippen molar-refractivity contribution in [1.29, 1.82) is 0 Å². The predicted octanol–water partition coefficient (Wildman–Crippen LogP) is 2.85. The lowest BCUT2D eigenvalue weighted by Gasteiger charge is -2.17. The smallest absolute Gasteiger partial charge is 0.242 e. The van der Waals surface area contributed by atoms with Crippen LogP contribution in [0.5, 0.6) is 0 Å². The van der Waals surface area contributed by atoms with Gasteiger partial charge < -0.3 is 10.2 Å². The highest BCUT2D eigenvalue weighted by Gasteiger charge is 2.12. The standard InChI is InChI=1S/C13H17ClN2O/c1-10(14)13(17)15-11-4-6-12(7-5-11)16-8-2-3-9-16/h4-7,10H,2-3,8-9H2,1H3,(H,15,17). The lowest BCUT2D eigenvalue weighted by molar-refractivity contribution is -0.115. The summed E-state index contributed by atoms with van der Waals surface area (Å²) >= 11 is 5.69. The molecule has 0 radical (unpaired) electrons. The van der Waals surface area contributed by atoms with Crippen molar-refractivity contribution in [3.63, 3.8) is 0 Å². The number of alkyl halides is 1. The van der Waals surface area contributed by atoms with Gasteiger partial charge in [0, 0.05) is 24.5 Å². The van der Waals surface area contributed by atoms with Gasteiger partial charge in [0.25, 0.3) is 0 Å². The summed E-state index contributed by atoms with van der Waals surface area (Å²) in [5, 5.41) is 2.26. The average Bonchev–Trinajstić information content (AvgIpc) is 2.83. The first-order valence-corrected chi connectivity index (χ1v) is 6.40. The van der Waals surface area contributed by atoms with E-state index in [1.165, 1.54) is 18.5 Å². The van der Waals surface area contributed by atoms with Crippen LogP contribution in [0.3, 0.4) is 0 Å². The van der Waals surface area contributed by atoms with E-state index in [4.69, 9.17) is 11.6 Å². The zero-order valence-electron chi connectivity index (χ0n) is 9.95. The molecule has 4 heteroatoms. The van der Waals surface area contributed by atoms with Gasteiger partial charge in [-0.2, -0.15) is 0 Å². The maximum absolute atomic E-state index is 11.4. The van der Waals surface area contributed by atoms with Crippen LogP contribution in [0.2, 0.25) is 0 Å².